The quantitative estimate of drug-likeness (QED) is 0.248. The summed E-state index contributed by atoms with van der Waals surface area (Å²) in [5.74, 6) is -1.09. The first-order valence-electron chi connectivity index (χ1n) is 7.54. The Morgan fingerprint density at radius 2 is 1.83 bits per heavy atom. The Morgan fingerprint density at radius 1 is 1.26 bits per heavy atom. The van der Waals surface area contributed by atoms with Crippen LogP contribution in [0, 0.1) is 11.8 Å². The molecule has 2 aliphatic rings. The monoisotopic (exact) mass is 356 g/mol. The molecular formula is C15H20N2O4S2. The van der Waals surface area contributed by atoms with Crippen LogP contribution in [0.4, 0.5) is 0 Å². The van der Waals surface area contributed by atoms with Crippen LogP contribution in [-0.2, 0) is 20.1 Å². The first kappa shape index (κ1) is 17.8. The van der Waals surface area contributed by atoms with E-state index in [9.17, 15) is 22.4 Å². The third-order valence-corrected chi connectivity index (χ3v) is 7.80. The molecular weight excluding hydrogens is 336 g/mol. The van der Waals surface area contributed by atoms with E-state index in [4.69, 9.17) is 0 Å². The average molecular weight is 356 g/mol. The van der Waals surface area contributed by atoms with Gasteiger partial charge in [-0.05, 0) is 37.8 Å². The van der Waals surface area contributed by atoms with Crippen LogP contribution < -0.4 is 0 Å². The molecule has 1 atom stereocenters. The summed E-state index contributed by atoms with van der Waals surface area (Å²) in [7, 11) is -6.51. The zero-order chi connectivity index (χ0) is 17.4. The Hall–Kier alpha value is -1.50. The van der Waals surface area contributed by atoms with Crippen molar-refractivity contribution < 1.29 is 21.6 Å². The zero-order valence-electron chi connectivity index (χ0n) is 13.4. The highest BCUT2D eigenvalue weighted by molar-refractivity contribution is 8.09. The number of hydrogen-bond donors (Lipinski definition) is 0. The Bertz CT molecular complexity index is 872. The molecule has 0 N–H and O–H groups in total. The van der Waals surface area contributed by atoms with Crippen molar-refractivity contribution in [2.45, 2.75) is 46.5 Å². The standard InChI is InChI=1S/C15H20N2O4S2/c1-9-8-10(2)14(11(3)13(9)22(18)19)23(20,21)15(17-16)12-6-4-5-7-12/h8,11-12H,4-7H2,1-3H3. The maximum atomic E-state index is 13.0. The minimum absolute atomic E-state index is 0.0157. The van der Waals surface area contributed by atoms with Gasteiger partial charge in [0.1, 0.15) is 0 Å². The van der Waals surface area contributed by atoms with Crippen LogP contribution in [0.2, 0.25) is 0 Å². The van der Waals surface area contributed by atoms with Crippen molar-refractivity contribution in [3.8, 4) is 0 Å². The average Bonchev–Trinajstić information content (AvgIpc) is 2.90. The number of nitrogens with zero attached hydrogens (tertiary/aromatic N) is 2. The molecule has 1 fully saturated rings. The second-order valence-corrected chi connectivity index (χ2v) is 8.89. The molecule has 0 bridgehead atoms. The molecule has 8 heteroatoms. The predicted molar refractivity (Wildman–Crippen MR) is 89.1 cm³/mol. The van der Waals surface area contributed by atoms with Gasteiger partial charge in [0, 0.05) is 5.92 Å². The first-order chi connectivity index (χ1) is 10.7. The Morgan fingerprint density at radius 3 is 2.30 bits per heavy atom. The van der Waals surface area contributed by atoms with Crippen LogP contribution in [0.5, 0.6) is 0 Å². The Kier molecular flexibility index (Phi) is 5.08. The van der Waals surface area contributed by atoms with Gasteiger partial charge in [-0.1, -0.05) is 25.8 Å². The molecule has 0 amide bonds. The van der Waals surface area contributed by atoms with E-state index in [1.165, 1.54) is 0 Å². The molecule has 0 saturated heterocycles. The van der Waals surface area contributed by atoms with E-state index in [1.807, 2.05) is 0 Å². The number of rotatable bonds is 2. The minimum atomic E-state index is -4.00. The number of hydrogen-bond acceptors (Lipinski definition) is 4. The third-order valence-electron chi connectivity index (χ3n) is 4.54. The van der Waals surface area contributed by atoms with Crippen molar-refractivity contribution in [3.05, 3.63) is 27.7 Å². The third kappa shape index (κ3) is 3.11. The van der Waals surface area contributed by atoms with Gasteiger partial charge >= 0.3 is 5.04 Å². The fourth-order valence-electron chi connectivity index (χ4n) is 3.63. The fraction of sp³-hybridized carbons (Fsp3) is 0.600. The van der Waals surface area contributed by atoms with Crippen LogP contribution in [0.25, 0.3) is 5.53 Å². The highest BCUT2D eigenvalue weighted by Crippen LogP contribution is 2.35. The number of allylic oxidation sites excluding steroid dienone is 4. The second kappa shape index (κ2) is 6.55. The topological polar surface area (TPSA) is 105 Å². The molecule has 1 unspecified atom stereocenters. The first-order valence-corrected chi connectivity index (χ1v) is 10.1. The van der Waals surface area contributed by atoms with E-state index in [1.54, 1.807) is 26.8 Å². The van der Waals surface area contributed by atoms with Crippen LogP contribution >= 0.6 is 0 Å². The molecule has 0 aliphatic heterocycles. The molecule has 0 aromatic heterocycles. The lowest BCUT2D eigenvalue weighted by Gasteiger charge is -2.23. The number of sulfone groups is 1. The van der Waals surface area contributed by atoms with E-state index in [0.29, 0.717) is 24.0 Å². The lowest BCUT2D eigenvalue weighted by atomic mass is 9.92. The summed E-state index contributed by atoms with van der Waals surface area (Å²) in [6.45, 7) is 4.84. The molecule has 23 heavy (non-hydrogen) atoms. The molecule has 0 aromatic rings. The highest BCUT2D eigenvalue weighted by atomic mass is 32.2. The van der Waals surface area contributed by atoms with Gasteiger partial charge in [-0.25, -0.2) is 8.42 Å². The predicted octanol–water partition coefficient (Wildman–Crippen LogP) is 2.14. The van der Waals surface area contributed by atoms with Gasteiger partial charge in [-0.2, -0.15) is 13.2 Å². The molecule has 0 heterocycles. The van der Waals surface area contributed by atoms with E-state index in [0.717, 1.165) is 12.8 Å². The Balaban J connectivity index is 2.65. The molecule has 1 saturated carbocycles. The summed E-state index contributed by atoms with van der Waals surface area (Å²) in [5.41, 5.74) is 10.3. The van der Waals surface area contributed by atoms with Gasteiger partial charge in [-0.15, -0.1) is 0 Å². The molecule has 6 nitrogen and oxygen atoms in total. The van der Waals surface area contributed by atoms with E-state index < -0.39 is 26.0 Å². The minimum Gasteiger partial charge on any atom is -0.360 e. The largest absolute Gasteiger partial charge is 0.388 e. The fourth-order valence-corrected chi connectivity index (χ4v) is 6.51. The maximum Gasteiger partial charge on any atom is 0.388 e. The van der Waals surface area contributed by atoms with Crippen molar-refractivity contribution in [1.29, 1.82) is 0 Å². The highest BCUT2D eigenvalue weighted by Gasteiger charge is 2.44. The lowest BCUT2D eigenvalue weighted by molar-refractivity contribution is -0.00729. The molecule has 0 aromatic carbocycles. The van der Waals surface area contributed by atoms with Crippen LogP contribution in [0.3, 0.4) is 0 Å². The van der Waals surface area contributed by atoms with Crippen molar-refractivity contribution in [2.75, 3.05) is 0 Å². The summed E-state index contributed by atoms with van der Waals surface area (Å²) >= 11 is 0. The van der Waals surface area contributed by atoms with Gasteiger partial charge in [0.15, 0.2) is 0 Å². The molecule has 0 radical (unpaired) electrons. The molecule has 2 aliphatic carbocycles. The van der Waals surface area contributed by atoms with E-state index in [2.05, 4.69) is 4.79 Å². The summed E-state index contributed by atoms with van der Waals surface area (Å²) in [4.78, 5) is 3.17. The van der Waals surface area contributed by atoms with Gasteiger partial charge < -0.3 is 5.53 Å². The summed E-state index contributed by atoms with van der Waals surface area (Å²) < 4.78 is 49.0. The van der Waals surface area contributed by atoms with E-state index >= 15 is 0 Å². The van der Waals surface area contributed by atoms with Gasteiger partial charge in [0.25, 0.3) is 9.84 Å². The summed E-state index contributed by atoms with van der Waals surface area (Å²) in [5, 5.41) is -0.236. The van der Waals surface area contributed by atoms with E-state index in [-0.39, 0.29) is 20.7 Å². The van der Waals surface area contributed by atoms with Crippen LogP contribution in [0.15, 0.2) is 22.1 Å². The second-order valence-electron chi connectivity index (χ2n) is 6.12. The summed E-state index contributed by atoms with van der Waals surface area (Å²) in [6.07, 6.45) is 4.68. The van der Waals surface area contributed by atoms with Crippen molar-refractivity contribution >= 4 is 30.0 Å². The van der Waals surface area contributed by atoms with Gasteiger partial charge in [0.2, 0.25) is 10.3 Å². The van der Waals surface area contributed by atoms with Crippen molar-refractivity contribution in [2.24, 2.45) is 11.8 Å². The van der Waals surface area contributed by atoms with Gasteiger partial charge in [-0.3, -0.25) is 0 Å². The maximum absolute atomic E-state index is 13.0. The Labute approximate surface area is 138 Å². The van der Waals surface area contributed by atoms with Crippen molar-refractivity contribution in [3.63, 3.8) is 0 Å². The van der Waals surface area contributed by atoms with Crippen LogP contribution in [-0.4, -0.2) is 31.5 Å². The SMILES string of the molecule is CC1=CC(C)=C(S(=O)(=O)C(=[N+]=[N-])C2CCCC2)C(C)C1=S(=O)=O. The smallest absolute Gasteiger partial charge is 0.360 e. The van der Waals surface area contributed by atoms with Gasteiger partial charge in [0.05, 0.1) is 15.7 Å². The summed E-state index contributed by atoms with van der Waals surface area (Å²) in [6, 6.07) is 0. The molecule has 0 spiro atoms. The zero-order valence-corrected chi connectivity index (χ0v) is 15.0. The lowest BCUT2D eigenvalue weighted by Crippen LogP contribution is -2.32. The molecule has 2 rings (SSSR count). The van der Waals surface area contributed by atoms with Crippen LogP contribution in [0.1, 0.15) is 46.5 Å². The molecule has 126 valence electrons. The normalized spacial score (nSPS) is 22.8. The van der Waals surface area contributed by atoms with Crippen molar-refractivity contribution in [1.82, 2.24) is 0 Å².